The van der Waals surface area contributed by atoms with Crippen molar-refractivity contribution in [3.05, 3.63) is 41.0 Å². The van der Waals surface area contributed by atoms with Gasteiger partial charge in [-0.15, -0.1) is 0 Å². The third-order valence-corrected chi connectivity index (χ3v) is 3.06. The molecule has 1 aliphatic heterocycles. The van der Waals surface area contributed by atoms with E-state index in [4.69, 9.17) is 0 Å². The molecule has 0 unspecified atom stereocenters. The molecule has 1 aromatic rings. The quantitative estimate of drug-likeness (QED) is 0.735. The highest BCUT2D eigenvalue weighted by Gasteiger charge is 2.35. The number of hydrogen-bond donors (Lipinski definition) is 0. The van der Waals surface area contributed by atoms with Crippen LogP contribution in [0.4, 0.5) is 18.9 Å². The third-order valence-electron chi connectivity index (χ3n) is 3.06. The average Bonchev–Trinajstić information content (AvgIpc) is 2.53. The van der Waals surface area contributed by atoms with Crippen molar-refractivity contribution in [1.29, 1.82) is 0 Å². The first kappa shape index (κ1) is 13.3. The zero-order valence-corrected chi connectivity index (χ0v) is 10.2. The number of imide groups is 1. The summed E-state index contributed by atoms with van der Waals surface area (Å²) in [6.45, 7) is 3.03. The largest absolute Gasteiger partial charge is 0.416 e. The molecule has 6 heteroatoms. The van der Waals surface area contributed by atoms with Crippen LogP contribution in [0.5, 0.6) is 0 Å². The Morgan fingerprint density at radius 2 is 1.32 bits per heavy atom. The second-order valence-corrected chi connectivity index (χ2v) is 4.24. The van der Waals surface area contributed by atoms with Gasteiger partial charge in [-0.25, -0.2) is 4.90 Å². The van der Waals surface area contributed by atoms with E-state index in [1.54, 1.807) is 0 Å². The number of carbonyl (C=O) groups excluding carboxylic acids is 2. The van der Waals surface area contributed by atoms with Crippen molar-refractivity contribution < 1.29 is 22.8 Å². The lowest BCUT2D eigenvalue weighted by molar-refractivity contribution is -0.137. The van der Waals surface area contributed by atoms with Crippen LogP contribution in [0.15, 0.2) is 35.4 Å². The predicted octanol–water partition coefficient (Wildman–Crippen LogP) is 2.92. The molecule has 0 radical (unpaired) electrons. The maximum Gasteiger partial charge on any atom is 0.416 e. The third kappa shape index (κ3) is 2.14. The molecular formula is C13H10F3NO2. The van der Waals surface area contributed by atoms with Gasteiger partial charge in [-0.3, -0.25) is 9.59 Å². The minimum atomic E-state index is -4.44. The molecular weight excluding hydrogens is 259 g/mol. The summed E-state index contributed by atoms with van der Waals surface area (Å²) in [4.78, 5) is 24.5. The minimum Gasteiger partial charge on any atom is -0.269 e. The highest BCUT2D eigenvalue weighted by molar-refractivity contribution is 6.32. The number of alkyl halides is 3. The smallest absolute Gasteiger partial charge is 0.269 e. The van der Waals surface area contributed by atoms with E-state index in [0.717, 1.165) is 29.2 Å². The topological polar surface area (TPSA) is 37.4 Å². The van der Waals surface area contributed by atoms with Gasteiger partial charge < -0.3 is 0 Å². The average molecular weight is 269 g/mol. The molecule has 0 saturated heterocycles. The molecule has 2 rings (SSSR count). The van der Waals surface area contributed by atoms with Gasteiger partial charge in [0.15, 0.2) is 0 Å². The summed E-state index contributed by atoms with van der Waals surface area (Å²) in [5, 5.41) is 0. The van der Waals surface area contributed by atoms with Crippen LogP contribution in [0.1, 0.15) is 19.4 Å². The van der Waals surface area contributed by atoms with Crippen LogP contribution in [-0.4, -0.2) is 11.8 Å². The van der Waals surface area contributed by atoms with Crippen molar-refractivity contribution in [2.24, 2.45) is 0 Å². The Hall–Kier alpha value is -2.11. The summed E-state index contributed by atoms with van der Waals surface area (Å²) in [6, 6.07) is 3.92. The van der Waals surface area contributed by atoms with E-state index < -0.39 is 23.6 Å². The minimum absolute atomic E-state index is 0.138. The lowest BCUT2D eigenvalue weighted by atomic mass is 10.2. The molecule has 0 aromatic heterocycles. The summed E-state index contributed by atoms with van der Waals surface area (Å²) >= 11 is 0. The zero-order valence-electron chi connectivity index (χ0n) is 10.2. The molecule has 1 aromatic carbocycles. The number of nitrogens with zero attached hydrogens (tertiary/aromatic N) is 1. The molecule has 3 nitrogen and oxygen atoms in total. The van der Waals surface area contributed by atoms with Crippen molar-refractivity contribution in [2.75, 3.05) is 4.90 Å². The van der Waals surface area contributed by atoms with Crippen LogP contribution >= 0.6 is 0 Å². The maximum absolute atomic E-state index is 12.4. The Morgan fingerprint density at radius 3 is 1.68 bits per heavy atom. The van der Waals surface area contributed by atoms with Crippen molar-refractivity contribution >= 4 is 17.5 Å². The van der Waals surface area contributed by atoms with Gasteiger partial charge in [-0.2, -0.15) is 13.2 Å². The number of carbonyl (C=O) groups is 2. The number of amides is 2. The first-order valence-electron chi connectivity index (χ1n) is 5.47. The fourth-order valence-electron chi connectivity index (χ4n) is 1.78. The molecule has 1 aliphatic rings. The molecule has 0 atom stereocenters. The molecule has 19 heavy (non-hydrogen) atoms. The summed E-state index contributed by atoms with van der Waals surface area (Å²) in [5.74, 6) is -0.996. The van der Waals surface area contributed by atoms with Crippen molar-refractivity contribution in [1.82, 2.24) is 0 Å². The van der Waals surface area contributed by atoms with E-state index in [2.05, 4.69) is 0 Å². The first-order chi connectivity index (χ1) is 8.73. The van der Waals surface area contributed by atoms with Gasteiger partial charge in [-0.1, -0.05) is 0 Å². The van der Waals surface area contributed by atoms with Gasteiger partial charge in [0.25, 0.3) is 11.8 Å². The van der Waals surface area contributed by atoms with E-state index in [0.29, 0.717) is 11.1 Å². The second kappa shape index (κ2) is 4.22. The Balaban J connectivity index is 2.36. The zero-order chi connectivity index (χ0) is 14.4. The second-order valence-electron chi connectivity index (χ2n) is 4.24. The molecule has 0 aliphatic carbocycles. The van der Waals surface area contributed by atoms with Gasteiger partial charge >= 0.3 is 6.18 Å². The number of benzene rings is 1. The lowest BCUT2D eigenvalue weighted by Crippen LogP contribution is -2.31. The Morgan fingerprint density at radius 1 is 0.895 bits per heavy atom. The van der Waals surface area contributed by atoms with Gasteiger partial charge in [0.05, 0.1) is 11.3 Å². The first-order valence-corrected chi connectivity index (χ1v) is 5.47. The van der Waals surface area contributed by atoms with Gasteiger partial charge in [-0.05, 0) is 38.1 Å². The highest BCUT2D eigenvalue weighted by atomic mass is 19.4. The van der Waals surface area contributed by atoms with E-state index in [-0.39, 0.29) is 5.69 Å². The predicted molar refractivity (Wildman–Crippen MR) is 62.3 cm³/mol. The number of hydrogen-bond acceptors (Lipinski definition) is 2. The lowest BCUT2D eigenvalue weighted by Gasteiger charge is -2.15. The molecule has 0 bridgehead atoms. The summed E-state index contributed by atoms with van der Waals surface area (Å²) in [6.07, 6.45) is -4.44. The Bertz CT molecular complexity index is 561. The van der Waals surface area contributed by atoms with E-state index in [1.165, 1.54) is 13.8 Å². The Labute approximate surface area is 107 Å². The van der Waals surface area contributed by atoms with Crippen LogP contribution in [-0.2, 0) is 15.8 Å². The number of halogens is 3. The molecule has 0 fully saturated rings. The number of rotatable bonds is 1. The monoisotopic (exact) mass is 269 g/mol. The number of anilines is 1. The standard InChI is InChI=1S/C13H10F3NO2/c1-7-8(2)12(19)17(11(7)18)10-5-3-9(4-6-10)13(14,15)16/h3-6H,1-2H3. The van der Waals surface area contributed by atoms with Gasteiger partial charge in [0.1, 0.15) is 0 Å². The van der Waals surface area contributed by atoms with Crippen LogP contribution in [0.2, 0.25) is 0 Å². The summed E-state index contributed by atoms with van der Waals surface area (Å²) in [7, 11) is 0. The van der Waals surface area contributed by atoms with Crippen LogP contribution in [0.25, 0.3) is 0 Å². The van der Waals surface area contributed by atoms with E-state index in [9.17, 15) is 22.8 Å². The van der Waals surface area contributed by atoms with Crippen LogP contribution in [0.3, 0.4) is 0 Å². The molecule has 0 N–H and O–H groups in total. The highest BCUT2D eigenvalue weighted by Crippen LogP contribution is 2.32. The normalized spacial score (nSPS) is 16.6. The van der Waals surface area contributed by atoms with Crippen molar-refractivity contribution in [3.63, 3.8) is 0 Å². The van der Waals surface area contributed by atoms with E-state index >= 15 is 0 Å². The van der Waals surface area contributed by atoms with Crippen LogP contribution < -0.4 is 4.90 Å². The van der Waals surface area contributed by atoms with E-state index in [1.807, 2.05) is 0 Å². The van der Waals surface area contributed by atoms with Crippen molar-refractivity contribution in [2.45, 2.75) is 20.0 Å². The van der Waals surface area contributed by atoms with Crippen LogP contribution in [0, 0.1) is 0 Å². The maximum atomic E-state index is 12.4. The fourth-order valence-corrected chi connectivity index (χ4v) is 1.78. The van der Waals surface area contributed by atoms with Crippen molar-refractivity contribution in [3.8, 4) is 0 Å². The SMILES string of the molecule is CC1=C(C)C(=O)N(c2ccc(C(F)(F)F)cc2)C1=O. The molecule has 2 amide bonds. The molecule has 100 valence electrons. The molecule has 0 spiro atoms. The summed E-state index contributed by atoms with van der Waals surface area (Å²) in [5.41, 5.74) is -0.0641. The molecule has 1 heterocycles. The fraction of sp³-hybridized carbons (Fsp3) is 0.231. The van der Waals surface area contributed by atoms with Gasteiger partial charge in [0.2, 0.25) is 0 Å². The summed E-state index contributed by atoms with van der Waals surface area (Å²) < 4.78 is 37.3. The molecule has 0 saturated carbocycles. The Kier molecular flexibility index (Phi) is 2.96. The van der Waals surface area contributed by atoms with Gasteiger partial charge in [0, 0.05) is 11.1 Å².